The molecule has 7 heteroatoms. The molecule has 1 aromatic rings. The number of hydrogen-bond donors (Lipinski definition) is 0. The van der Waals surface area contributed by atoms with Gasteiger partial charge in [-0.25, -0.2) is 8.42 Å². The molecule has 2 rings (SSSR count). The van der Waals surface area contributed by atoms with Crippen molar-refractivity contribution in [3.05, 3.63) is 29.8 Å². The highest BCUT2D eigenvalue weighted by atomic mass is 32.2. The molecule has 1 amide bonds. The predicted octanol–water partition coefficient (Wildman–Crippen LogP) is 2.44. The smallest absolute Gasteiger partial charge is 0.243 e. The number of piperazine rings is 1. The number of amides is 1. The van der Waals surface area contributed by atoms with E-state index in [1.165, 1.54) is 4.31 Å². The Morgan fingerprint density at radius 2 is 1.46 bits per heavy atom. The summed E-state index contributed by atoms with van der Waals surface area (Å²) in [6, 6.07) is 6.96. The molecule has 0 bridgehead atoms. The van der Waals surface area contributed by atoms with E-state index in [1.54, 1.807) is 12.1 Å². The lowest BCUT2D eigenvalue weighted by atomic mass is 10.1. The van der Waals surface area contributed by atoms with Gasteiger partial charge in [0.25, 0.3) is 0 Å². The van der Waals surface area contributed by atoms with Gasteiger partial charge < -0.3 is 4.90 Å². The van der Waals surface area contributed by atoms with Gasteiger partial charge in [-0.05, 0) is 30.9 Å². The van der Waals surface area contributed by atoms with Crippen LogP contribution in [0.25, 0.3) is 0 Å². The van der Waals surface area contributed by atoms with Gasteiger partial charge in [0.2, 0.25) is 15.9 Å². The van der Waals surface area contributed by atoms with Crippen molar-refractivity contribution in [1.82, 2.24) is 14.1 Å². The molecule has 158 valence electrons. The molecular formula is C21H35N3O3S. The molecule has 0 spiro atoms. The summed E-state index contributed by atoms with van der Waals surface area (Å²) in [6.07, 6.45) is 0. The molecule has 1 aliphatic heterocycles. The van der Waals surface area contributed by atoms with Crippen LogP contribution >= 0.6 is 0 Å². The van der Waals surface area contributed by atoms with E-state index in [4.69, 9.17) is 0 Å². The van der Waals surface area contributed by atoms with Crippen molar-refractivity contribution in [3.63, 3.8) is 0 Å². The van der Waals surface area contributed by atoms with Crippen molar-refractivity contribution < 1.29 is 13.2 Å². The summed E-state index contributed by atoms with van der Waals surface area (Å²) >= 11 is 0. The fraction of sp³-hybridized carbons (Fsp3) is 0.667. The highest BCUT2D eigenvalue weighted by Gasteiger charge is 2.29. The SMILES string of the molecule is Cc1ccc(S(=O)(=O)N2CCN(CC(=O)N(CC(C)C)CC(C)C)CC2)cc1. The molecule has 1 fully saturated rings. The van der Waals surface area contributed by atoms with E-state index in [-0.39, 0.29) is 5.91 Å². The van der Waals surface area contributed by atoms with Crippen LogP contribution in [0, 0.1) is 18.8 Å². The minimum absolute atomic E-state index is 0.136. The zero-order chi connectivity index (χ0) is 20.9. The Bertz CT molecular complexity index is 727. The number of hydrogen-bond acceptors (Lipinski definition) is 4. The van der Waals surface area contributed by atoms with Gasteiger partial charge in [-0.1, -0.05) is 45.4 Å². The number of benzene rings is 1. The number of aryl methyl sites for hydroxylation is 1. The topological polar surface area (TPSA) is 60.9 Å². The lowest BCUT2D eigenvalue weighted by Gasteiger charge is -2.35. The molecule has 28 heavy (non-hydrogen) atoms. The number of sulfonamides is 1. The average Bonchev–Trinajstić information content (AvgIpc) is 2.61. The molecule has 0 saturated carbocycles. The first-order valence-electron chi connectivity index (χ1n) is 10.2. The molecule has 0 radical (unpaired) electrons. The Morgan fingerprint density at radius 3 is 1.93 bits per heavy atom. The van der Waals surface area contributed by atoms with Gasteiger partial charge in [-0.2, -0.15) is 4.31 Å². The van der Waals surface area contributed by atoms with E-state index in [0.717, 1.165) is 18.7 Å². The van der Waals surface area contributed by atoms with Crippen LogP contribution in [0.4, 0.5) is 0 Å². The summed E-state index contributed by atoms with van der Waals surface area (Å²) in [4.78, 5) is 17.1. The maximum absolute atomic E-state index is 12.8. The quantitative estimate of drug-likeness (QED) is 0.662. The van der Waals surface area contributed by atoms with Crippen LogP contribution in [0.2, 0.25) is 0 Å². The Hall–Kier alpha value is -1.44. The molecule has 0 aliphatic carbocycles. The Kier molecular flexibility index (Phi) is 8.04. The summed E-state index contributed by atoms with van der Waals surface area (Å²) in [5, 5.41) is 0. The van der Waals surface area contributed by atoms with E-state index in [9.17, 15) is 13.2 Å². The lowest BCUT2D eigenvalue weighted by Crippen LogP contribution is -2.52. The van der Waals surface area contributed by atoms with Crippen LogP contribution < -0.4 is 0 Å². The minimum Gasteiger partial charge on any atom is -0.341 e. The summed E-state index contributed by atoms with van der Waals surface area (Å²) in [7, 11) is -3.47. The summed E-state index contributed by atoms with van der Waals surface area (Å²) in [5.74, 6) is 0.996. The molecule has 0 N–H and O–H groups in total. The molecular weight excluding hydrogens is 374 g/mol. The minimum atomic E-state index is -3.47. The number of nitrogens with zero attached hydrogens (tertiary/aromatic N) is 3. The highest BCUT2D eigenvalue weighted by Crippen LogP contribution is 2.18. The van der Waals surface area contributed by atoms with Crippen molar-refractivity contribution >= 4 is 15.9 Å². The van der Waals surface area contributed by atoms with E-state index < -0.39 is 10.0 Å². The number of carbonyl (C=O) groups excluding carboxylic acids is 1. The predicted molar refractivity (Wildman–Crippen MR) is 113 cm³/mol. The van der Waals surface area contributed by atoms with E-state index in [0.29, 0.717) is 49.5 Å². The Morgan fingerprint density at radius 1 is 0.964 bits per heavy atom. The summed E-state index contributed by atoms with van der Waals surface area (Å²) < 4.78 is 27.1. The lowest BCUT2D eigenvalue weighted by molar-refractivity contribution is -0.133. The van der Waals surface area contributed by atoms with Crippen LogP contribution in [-0.2, 0) is 14.8 Å². The fourth-order valence-electron chi connectivity index (χ4n) is 3.44. The van der Waals surface area contributed by atoms with Crippen molar-refractivity contribution in [2.24, 2.45) is 11.8 Å². The summed E-state index contributed by atoms with van der Waals surface area (Å²) in [5.41, 5.74) is 1.04. The second kappa shape index (κ2) is 9.85. The Balaban J connectivity index is 1.93. The Labute approximate surface area is 170 Å². The average molecular weight is 410 g/mol. The molecule has 0 atom stereocenters. The van der Waals surface area contributed by atoms with Gasteiger partial charge in [0, 0.05) is 39.3 Å². The molecule has 1 saturated heterocycles. The van der Waals surface area contributed by atoms with Crippen LogP contribution in [0.3, 0.4) is 0 Å². The third-order valence-corrected chi connectivity index (χ3v) is 6.79. The largest absolute Gasteiger partial charge is 0.341 e. The van der Waals surface area contributed by atoms with Crippen molar-refractivity contribution in [2.75, 3.05) is 45.8 Å². The number of carbonyl (C=O) groups is 1. The highest BCUT2D eigenvalue weighted by molar-refractivity contribution is 7.89. The molecule has 0 unspecified atom stereocenters. The maximum atomic E-state index is 12.8. The third-order valence-electron chi connectivity index (χ3n) is 4.87. The zero-order valence-electron chi connectivity index (χ0n) is 17.9. The fourth-order valence-corrected chi connectivity index (χ4v) is 4.86. The first-order valence-corrected chi connectivity index (χ1v) is 11.6. The third kappa shape index (κ3) is 6.29. The van der Waals surface area contributed by atoms with E-state index in [1.807, 2.05) is 24.0 Å². The number of rotatable bonds is 8. The van der Waals surface area contributed by atoms with Crippen molar-refractivity contribution in [2.45, 2.75) is 39.5 Å². The van der Waals surface area contributed by atoms with E-state index >= 15 is 0 Å². The van der Waals surface area contributed by atoms with Crippen LogP contribution in [0.15, 0.2) is 29.2 Å². The van der Waals surface area contributed by atoms with Crippen LogP contribution in [0.1, 0.15) is 33.3 Å². The van der Waals surface area contributed by atoms with Crippen LogP contribution in [-0.4, -0.2) is 74.2 Å². The molecule has 6 nitrogen and oxygen atoms in total. The monoisotopic (exact) mass is 409 g/mol. The molecule has 0 aromatic heterocycles. The van der Waals surface area contributed by atoms with Crippen LogP contribution in [0.5, 0.6) is 0 Å². The molecule has 1 aliphatic rings. The van der Waals surface area contributed by atoms with Gasteiger partial charge in [-0.3, -0.25) is 9.69 Å². The van der Waals surface area contributed by atoms with Gasteiger partial charge in [-0.15, -0.1) is 0 Å². The van der Waals surface area contributed by atoms with Gasteiger partial charge >= 0.3 is 0 Å². The normalized spacial score (nSPS) is 16.7. The van der Waals surface area contributed by atoms with E-state index in [2.05, 4.69) is 32.6 Å². The van der Waals surface area contributed by atoms with Gasteiger partial charge in [0.05, 0.1) is 11.4 Å². The second-order valence-electron chi connectivity index (χ2n) is 8.58. The first-order chi connectivity index (χ1) is 13.1. The van der Waals surface area contributed by atoms with Crippen molar-refractivity contribution in [1.29, 1.82) is 0 Å². The maximum Gasteiger partial charge on any atom is 0.243 e. The van der Waals surface area contributed by atoms with Crippen molar-refractivity contribution in [3.8, 4) is 0 Å². The zero-order valence-corrected chi connectivity index (χ0v) is 18.7. The first kappa shape index (κ1) is 22.8. The van der Waals surface area contributed by atoms with Gasteiger partial charge in [0.15, 0.2) is 0 Å². The standard InChI is InChI=1S/C21H35N3O3S/c1-17(2)14-23(15-18(3)4)21(25)16-22-10-12-24(13-11-22)28(26,27)20-8-6-19(5)7-9-20/h6-9,17-18H,10-16H2,1-5H3. The molecule has 1 heterocycles. The summed E-state index contributed by atoms with van der Waals surface area (Å²) in [6.45, 7) is 14.3. The molecule has 1 aromatic carbocycles. The van der Waals surface area contributed by atoms with Gasteiger partial charge in [0.1, 0.15) is 0 Å². The second-order valence-corrected chi connectivity index (χ2v) is 10.5.